The molecule has 0 aromatic heterocycles. The Kier molecular flexibility index (Phi) is 3.92. The summed E-state index contributed by atoms with van der Waals surface area (Å²) in [6.07, 6.45) is 0.482. The van der Waals surface area contributed by atoms with E-state index in [1.54, 1.807) is 23.1 Å². The van der Waals surface area contributed by atoms with Crippen LogP contribution in [0.5, 0.6) is 11.5 Å². The largest absolute Gasteiger partial charge is 0.486 e. The first kappa shape index (κ1) is 15.6. The molecule has 3 rings (SSSR count). The van der Waals surface area contributed by atoms with Gasteiger partial charge in [-0.2, -0.15) is 0 Å². The van der Waals surface area contributed by atoms with Crippen LogP contribution in [-0.4, -0.2) is 48.2 Å². The normalized spacial score (nSPS) is 23.2. The third kappa shape index (κ3) is 2.62. The zero-order chi connectivity index (χ0) is 16.6. The van der Waals surface area contributed by atoms with Gasteiger partial charge in [-0.25, -0.2) is 0 Å². The molecule has 1 amide bonds. The van der Waals surface area contributed by atoms with E-state index in [0.29, 0.717) is 43.2 Å². The van der Waals surface area contributed by atoms with Gasteiger partial charge >= 0.3 is 5.97 Å². The van der Waals surface area contributed by atoms with Gasteiger partial charge in [0.25, 0.3) is 5.91 Å². The number of carboxylic acid groups (broad SMARTS) is 1. The van der Waals surface area contributed by atoms with E-state index in [9.17, 15) is 14.7 Å². The van der Waals surface area contributed by atoms with E-state index in [2.05, 4.69) is 0 Å². The molecule has 1 saturated heterocycles. The summed E-state index contributed by atoms with van der Waals surface area (Å²) in [6.45, 7) is 5.45. The minimum atomic E-state index is -0.858. The van der Waals surface area contributed by atoms with Crippen LogP contribution in [0, 0.1) is 11.3 Å². The highest BCUT2D eigenvalue weighted by Crippen LogP contribution is 2.39. The number of hydrogen-bond donors (Lipinski definition) is 1. The van der Waals surface area contributed by atoms with Crippen molar-refractivity contribution >= 4 is 11.9 Å². The molecule has 1 fully saturated rings. The van der Waals surface area contributed by atoms with E-state index in [4.69, 9.17) is 9.47 Å². The van der Waals surface area contributed by atoms with Crippen molar-refractivity contribution in [3.05, 3.63) is 23.8 Å². The summed E-state index contributed by atoms with van der Waals surface area (Å²) in [6, 6.07) is 5.10. The number of nitrogens with zero attached hydrogens (tertiary/aromatic N) is 1. The van der Waals surface area contributed by atoms with Crippen LogP contribution >= 0.6 is 0 Å². The lowest BCUT2D eigenvalue weighted by Crippen LogP contribution is -2.40. The molecule has 0 radical (unpaired) electrons. The van der Waals surface area contributed by atoms with Gasteiger partial charge in [-0.1, -0.05) is 13.8 Å². The molecule has 6 nitrogen and oxygen atoms in total. The van der Waals surface area contributed by atoms with Gasteiger partial charge in [0, 0.05) is 18.7 Å². The average Bonchev–Trinajstić information content (AvgIpc) is 3.00. The predicted octanol–water partition coefficient (Wildman–Crippen LogP) is 2.03. The van der Waals surface area contributed by atoms with Crippen molar-refractivity contribution in [3.8, 4) is 11.5 Å². The Balaban J connectivity index is 1.80. The molecule has 1 aromatic carbocycles. The number of carbonyl (C=O) groups is 2. The second-order valence-electron chi connectivity index (χ2n) is 6.45. The second kappa shape index (κ2) is 5.76. The molecule has 1 atom stereocenters. The standard InChI is InChI=1S/C17H21NO5/c1-11(2)17(16(20)21)5-6-18(10-17)15(19)12-3-4-13-14(9-12)23-8-7-22-13/h3-4,9,11H,5-8,10H2,1-2H3,(H,20,21). The maximum Gasteiger partial charge on any atom is 0.311 e. The Morgan fingerprint density at radius 3 is 2.52 bits per heavy atom. The third-order valence-electron chi connectivity index (χ3n) is 4.91. The fraction of sp³-hybridized carbons (Fsp3) is 0.529. The molecule has 1 aromatic rings. The van der Waals surface area contributed by atoms with E-state index >= 15 is 0 Å². The number of fused-ring (bicyclic) bond motifs is 1. The lowest BCUT2D eigenvalue weighted by molar-refractivity contribution is -0.150. The van der Waals surface area contributed by atoms with Gasteiger partial charge in [-0.3, -0.25) is 9.59 Å². The molecule has 6 heteroatoms. The van der Waals surface area contributed by atoms with Crippen molar-refractivity contribution in [2.75, 3.05) is 26.3 Å². The summed E-state index contributed by atoms with van der Waals surface area (Å²) in [7, 11) is 0. The van der Waals surface area contributed by atoms with Gasteiger partial charge in [0.2, 0.25) is 0 Å². The first-order valence-corrected chi connectivity index (χ1v) is 7.86. The Morgan fingerprint density at radius 2 is 1.91 bits per heavy atom. The van der Waals surface area contributed by atoms with Crippen LogP contribution in [0.3, 0.4) is 0 Å². The van der Waals surface area contributed by atoms with Crippen molar-refractivity contribution in [3.63, 3.8) is 0 Å². The highest BCUT2D eigenvalue weighted by atomic mass is 16.6. The molecule has 23 heavy (non-hydrogen) atoms. The third-order valence-corrected chi connectivity index (χ3v) is 4.91. The van der Waals surface area contributed by atoms with Gasteiger partial charge in [0.15, 0.2) is 11.5 Å². The number of hydrogen-bond acceptors (Lipinski definition) is 4. The lowest BCUT2D eigenvalue weighted by Gasteiger charge is -2.28. The van der Waals surface area contributed by atoms with Gasteiger partial charge in [-0.15, -0.1) is 0 Å². The quantitative estimate of drug-likeness (QED) is 0.922. The summed E-state index contributed by atoms with van der Waals surface area (Å²) in [4.78, 5) is 26.0. The smallest absolute Gasteiger partial charge is 0.311 e. The Labute approximate surface area is 135 Å². The summed E-state index contributed by atoms with van der Waals surface area (Å²) in [5, 5.41) is 9.59. The summed E-state index contributed by atoms with van der Waals surface area (Å²) in [5.41, 5.74) is -0.358. The van der Waals surface area contributed by atoms with Crippen LogP contribution < -0.4 is 9.47 Å². The number of aliphatic carboxylic acids is 1. The molecular weight excluding hydrogens is 298 g/mol. The van der Waals surface area contributed by atoms with Crippen molar-refractivity contribution < 1.29 is 24.2 Å². The van der Waals surface area contributed by atoms with Gasteiger partial charge in [-0.05, 0) is 30.5 Å². The number of carbonyl (C=O) groups excluding carboxylic acids is 1. The number of rotatable bonds is 3. The van der Waals surface area contributed by atoms with Gasteiger partial charge in [0.05, 0.1) is 5.41 Å². The van der Waals surface area contributed by atoms with E-state index in [0.717, 1.165) is 0 Å². The maximum absolute atomic E-state index is 12.7. The molecule has 124 valence electrons. The number of amides is 1. The first-order chi connectivity index (χ1) is 10.9. The van der Waals surface area contributed by atoms with Crippen LogP contribution in [0.2, 0.25) is 0 Å². The predicted molar refractivity (Wildman–Crippen MR) is 82.9 cm³/mol. The zero-order valence-electron chi connectivity index (χ0n) is 13.4. The molecule has 2 aliphatic heterocycles. The Bertz CT molecular complexity index is 642. The molecule has 0 spiro atoms. The topological polar surface area (TPSA) is 76.1 Å². The molecule has 1 N–H and O–H groups in total. The Hall–Kier alpha value is -2.24. The van der Waals surface area contributed by atoms with E-state index in [1.165, 1.54) is 0 Å². The van der Waals surface area contributed by atoms with Crippen molar-refractivity contribution in [1.29, 1.82) is 0 Å². The molecule has 0 saturated carbocycles. The van der Waals surface area contributed by atoms with Crippen LogP contribution in [0.15, 0.2) is 18.2 Å². The van der Waals surface area contributed by atoms with E-state index in [-0.39, 0.29) is 18.4 Å². The SMILES string of the molecule is CC(C)C1(C(=O)O)CCN(C(=O)c2ccc3c(c2)OCCO3)C1. The molecule has 0 bridgehead atoms. The highest BCUT2D eigenvalue weighted by molar-refractivity contribution is 5.95. The van der Waals surface area contributed by atoms with Crippen molar-refractivity contribution in [2.45, 2.75) is 20.3 Å². The fourth-order valence-electron chi connectivity index (χ4n) is 3.26. The Morgan fingerprint density at radius 1 is 1.22 bits per heavy atom. The van der Waals surface area contributed by atoms with Crippen molar-refractivity contribution in [2.24, 2.45) is 11.3 Å². The maximum atomic E-state index is 12.7. The molecule has 2 heterocycles. The zero-order valence-corrected chi connectivity index (χ0v) is 13.4. The minimum Gasteiger partial charge on any atom is -0.486 e. The fourth-order valence-corrected chi connectivity index (χ4v) is 3.26. The van der Waals surface area contributed by atoms with E-state index in [1.807, 2.05) is 13.8 Å². The molecule has 2 aliphatic rings. The molecule has 1 unspecified atom stereocenters. The highest BCUT2D eigenvalue weighted by Gasteiger charge is 2.48. The number of carboxylic acids is 1. The van der Waals surface area contributed by atoms with E-state index < -0.39 is 11.4 Å². The summed E-state index contributed by atoms with van der Waals surface area (Å²) in [5.74, 6) is 0.180. The monoisotopic (exact) mass is 319 g/mol. The van der Waals surface area contributed by atoms with Crippen molar-refractivity contribution in [1.82, 2.24) is 4.90 Å². The van der Waals surface area contributed by atoms with Crippen LogP contribution in [0.1, 0.15) is 30.6 Å². The second-order valence-corrected chi connectivity index (χ2v) is 6.45. The molecule has 0 aliphatic carbocycles. The first-order valence-electron chi connectivity index (χ1n) is 7.86. The van der Waals surface area contributed by atoms with Crippen LogP contribution in [-0.2, 0) is 4.79 Å². The van der Waals surface area contributed by atoms with Crippen LogP contribution in [0.4, 0.5) is 0 Å². The number of benzene rings is 1. The summed E-state index contributed by atoms with van der Waals surface area (Å²) >= 11 is 0. The van der Waals surface area contributed by atoms with Crippen LogP contribution in [0.25, 0.3) is 0 Å². The molecular formula is C17H21NO5. The minimum absolute atomic E-state index is 0.0296. The van der Waals surface area contributed by atoms with Gasteiger partial charge in [0.1, 0.15) is 13.2 Å². The summed E-state index contributed by atoms with van der Waals surface area (Å²) < 4.78 is 11.0. The van der Waals surface area contributed by atoms with Gasteiger partial charge < -0.3 is 19.5 Å². The lowest BCUT2D eigenvalue weighted by atomic mass is 9.76. The number of likely N-dealkylation sites (tertiary alicyclic amines) is 1. The average molecular weight is 319 g/mol. The number of ether oxygens (including phenoxy) is 2.